The molecule has 1 amide bonds. The maximum absolute atomic E-state index is 12.9. The van der Waals surface area contributed by atoms with Crippen molar-refractivity contribution in [2.24, 2.45) is 0 Å². The van der Waals surface area contributed by atoms with Crippen LogP contribution in [-0.4, -0.2) is 38.2 Å². The third-order valence-corrected chi connectivity index (χ3v) is 5.23. The second-order valence-corrected chi connectivity index (χ2v) is 7.18. The van der Waals surface area contributed by atoms with Gasteiger partial charge in [-0.3, -0.25) is 4.79 Å². The van der Waals surface area contributed by atoms with E-state index < -0.39 is 0 Å². The molecule has 5 nitrogen and oxygen atoms in total. The number of rotatable bonds is 3. The molecule has 1 aromatic heterocycles. The number of benzene rings is 1. The van der Waals surface area contributed by atoms with Crippen molar-refractivity contribution in [1.82, 2.24) is 19.7 Å². The number of hydrogen-bond donors (Lipinski definition) is 0. The first-order valence-corrected chi connectivity index (χ1v) is 9.06. The lowest BCUT2D eigenvalue weighted by molar-refractivity contribution is 0.0623. The molecule has 1 saturated carbocycles. The zero-order chi connectivity index (χ0) is 16.7. The summed E-state index contributed by atoms with van der Waals surface area (Å²) in [5.41, 5.74) is 0.791. The average Bonchev–Trinajstić information content (AvgIpc) is 3.34. The lowest BCUT2D eigenvalue weighted by atomic mass is 10.0. The van der Waals surface area contributed by atoms with E-state index in [1.54, 1.807) is 4.68 Å². The highest BCUT2D eigenvalue weighted by molar-refractivity contribution is 6.32. The topological polar surface area (TPSA) is 51.0 Å². The highest BCUT2D eigenvalue weighted by Crippen LogP contribution is 2.40. The van der Waals surface area contributed by atoms with Gasteiger partial charge in [0.15, 0.2) is 0 Å². The molecule has 1 aliphatic carbocycles. The third kappa shape index (κ3) is 2.81. The molecule has 0 bridgehead atoms. The molecule has 2 fully saturated rings. The minimum Gasteiger partial charge on any atom is -0.333 e. The summed E-state index contributed by atoms with van der Waals surface area (Å²) in [6.07, 6.45) is 5.47. The van der Waals surface area contributed by atoms with E-state index in [2.05, 4.69) is 17.0 Å². The molecule has 6 heteroatoms. The molecule has 1 aromatic carbocycles. The van der Waals surface area contributed by atoms with Crippen LogP contribution in [0.15, 0.2) is 24.3 Å². The van der Waals surface area contributed by atoms with Gasteiger partial charge < -0.3 is 4.90 Å². The van der Waals surface area contributed by atoms with Gasteiger partial charge >= 0.3 is 0 Å². The van der Waals surface area contributed by atoms with Gasteiger partial charge in [0.05, 0.1) is 10.7 Å². The molecular weight excluding hydrogens is 324 g/mol. The summed E-state index contributed by atoms with van der Waals surface area (Å²) in [5.74, 6) is 1.48. The molecule has 0 spiro atoms. The van der Waals surface area contributed by atoms with Gasteiger partial charge in [-0.2, -0.15) is 0 Å². The molecule has 2 aromatic rings. The smallest absolute Gasteiger partial charge is 0.293 e. The Morgan fingerprint density at radius 1 is 1.21 bits per heavy atom. The van der Waals surface area contributed by atoms with E-state index in [1.807, 2.05) is 29.2 Å². The number of nitrogens with zero attached hydrogens (tertiary/aromatic N) is 4. The molecule has 2 aliphatic rings. The largest absolute Gasteiger partial charge is 0.333 e. The maximum atomic E-state index is 12.9. The normalized spacial score (nSPS) is 21.1. The van der Waals surface area contributed by atoms with E-state index in [9.17, 15) is 4.79 Å². The Morgan fingerprint density at radius 2 is 2.00 bits per heavy atom. The van der Waals surface area contributed by atoms with Crippen molar-refractivity contribution in [1.29, 1.82) is 0 Å². The number of aromatic nitrogens is 3. The van der Waals surface area contributed by atoms with Gasteiger partial charge in [0, 0.05) is 18.5 Å². The van der Waals surface area contributed by atoms with Crippen molar-refractivity contribution in [2.75, 3.05) is 6.54 Å². The first-order valence-electron chi connectivity index (χ1n) is 8.68. The van der Waals surface area contributed by atoms with Crippen LogP contribution in [0.25, 0.3) is 5.69 Å². The predicted octanol–water partition coefficient (Wildman–Crippen LogP) is 3.81. The number of piperidine rings is 1. The van der Waals surface area contributed by atoms with Crippen LogP contribution in [0.3, 0.4) is 0 Å². The number of likely N-dealkylation sites (tertiary alicyclic amines) is 1. The fourth-order valence-electron chi connectivity index (χ4n) is 3.35. The Morgan fingerprint density at radius 3 is 2.71 bits per heavy atom. The molecule has 24 heavy (non-hydrogen) atoms. The molecule has 0 N–H and O–H groups in total. The van der Waals surface area contributed by atoms with Gasteiger partial charge in [0.25, 0.3) is 5.91 Å². The minimum absolute atomic E-state index is 0.0603. The number of amides is 1. The molecule has 1 aliphatic heterocycles. The Bertz CT molecular complexity index is 768. The zero-order valence-electron chi connectivity index (χ0n) is 13.8. The summed E-state index contributed by atoms with van der Waals surface area (Å²) in [7, 11) is 0. The summed E-state index contributed by atoms with van der Waals surface area (Å²) in [6, 6.07) is 7.82. The monoisotopic (exact) mass is 344 g/mol. The fraction of sp³-hybridized carbons (Fsp3) is 0.500. The number of hydrogen-bond acceptors (Lipinski definition) is 3. The predicted molar refractivity (Wildman–Crippen MR) is 92.7 cm³/mol. The van der Waals surface area contributed by atoms with Crippen LogP contribution in [0.1, 0.15) is 61.4 Å². The van der Waals surface area contributed by atoms with E-state index in [0.717, 1.165) is 43.7 Å². The van der Waals surface area contributed by atoms with E-state index in [1.165, 1.54) is 6.42 Å². The van der Waals surface area contributed by atoms with Gasteiger partial charge in [-0.15, -0.1) is 5.10 Å². The van der Waals surface area contributed by atoms with E-state index >= 15 is 0 Å². The van der Waals surface area contributed by atoms with Crippen molar-refractivity contribution in [2.45, 2.75) is 51.0 Å². The van der Waals surface area contributed by atoms with Gasteiger partial charge in [-0.05, 0) is 51.2 Å². The summed E-state index contributed by atoms with van der Waals surface area (Å²) in [5, 5.41) is 5.16. The van der Waals surface area contributed by atoms with Crippen molar-refractivity contribution >= 4 is 17.5 Å². The third-order valence-electron chi connectivity index (χ3n) is 4.91. The van der Waals surface area contributed by atoms with Gasteiger partial charge in [0.1, 0.15) is 5.82 Å². The van der Waals surface area contributed by atoms with E-state index in [-0.39, 0.29) is 11.9 Å². The Labute approximate surface area is 146 Å². The molecular formula is C18H21ClN4O. The SMILES string of the molecule is CC1CCCCN1C(=O)c1nc(C2CC2)n(-c2ccccc2Cl)n1. The summed E-state index contributed by atoms with van der Waals surface area (Å²) < 4.78 is 1.77. The van der Waals surface area contributed by atoms with Crippen molar-refractivity contribution < 1.29 is 4.79 Å². The summed E-state index contributed by atoms with van der Waals surface area (Å²) >= 11 is 6.33. The van der Waals surface area contributed by atoms with Crippen molar-refractivity contribution in [3.05, 3.63) is 40.9 Å². The van der Waals surface area contributed by atoms with Crippen LogP contribution in [0.5, 0.6) is 0 Å². The molecule has 1 atom stereocenters. The summed E-state index contributed by atoms with van der Waals surface area (Å²) in [4.78, 5) is 19.4. The second kappa shape index (κ2) is 6.20. The highest BCUT2D eigenvalue weighted by atomic mass is 35.5. The fourth-order valence-corrected chi connectivity index (χ4v) is 3.57. The highest BCUT2D eigenvalue weighted by Gasteiger charge is 2.34. The molecule has 126 valence electrons. The first kappa shape index (κ1) is 15.6. The lowest BCUT2D eigenvalue weighted by Crippen LogP contribution is -2.42. The molecule has 4 rings (SSSR count). The lowest BCUT2D eigenvalue weighted by Gasteiger charge is -2.32. The average molecular weight is 345 g/mol. The molecule has 0 radical (unpaired) electrons. The van der Waals surface area contributed by atoms with Crippen LogP contribution < -0.4 is 0 Å². The minimum atomic E-state index is -0.0603. The van der Waals surface area contributed by atoms with Gasteiger partial charge in [0.2, 0.25) is 5.82 Å². The number of halogens is 1. The molecule has 1 saturated heterocycles. The van der Waals surface area contributed by atoms with Crippen LogP contribution in [0, 0.1) is 0 Å². The number of carbonyl (C=O) groups is 1. The van der Waals surface area contributed by atoms with Crippen LogP contribution >= 0.6 is 11.6 Å². The second-order valence-electron chi connectivity index (χ2n) is 6.77. The quantitative estimate of drug-likeness (QED) is 0.850. The van der Waals surface area contributed by atoms with Crippen LogP contribution in [-0.2, 0) is 0 Å². The zero-order valence-corrected chi connectivity index (χ0v) is 14.5. The van der Waals surface area contributed by atoms with Crippen LogP contribution in [0.2, 0.25) is 5.02 Å². The summed E-state index contributed by atoms with van der Waals surface area (Å²) in [6.45, 7) is 2.89. The molecule has 2 heterocycles. The number of para-hydroxylation sites is 1. The van der Waals surface area contributed by atoms with Crippen molar-refractivity contribution in [3.63, 3.8) is 0 Å². The Hall–Kier alpha value is -1.88. The Kier molecular flexibility index (Phi) is 4.04. The number of carbonyl (C=O) groups excluding carboxylic acids is 1. The van der Waals surface area contributed by atoms with E-state index in [4.69, 9.17) is 11.6 Å². The standard InChI is InChI=1S/C18H21ClN4O/c1-12-6-4-5-11-22(12)18(24)16-20-17(13-9-10-13)23(21-16)15-8-3-2-7-14(15)19/h2-3,7-8,12-13H,4-6,9-11H2,1H3. The first-order chi connectivity index (χ1) is 11.6. The maximum Gasteiger partial charge on any atom is 0.293 e. The van der Waals surface area contributed by atoms with Crippen molar-refractivity contribution in [3.8, 4) is 5.69 Å². The van der Waals surface area contributed by atoms with Gasteiger partial charge in [-0.25, -0.2) is 9.67 Å². The molecule has 1 unspecified atom stereocenters. The van der Waals surface area contributed by atoms with Gasteiger partial charge in [-0.1, -0.05) is 23.7 Å². The van der Waals surface area contributed by atoms with Crippen LogP contribution in [0.4, 0.5) is 0 Å². The Balaban J connectivity index is 1.71. The van der Waals surface area contributed by atoms with E-state index in [0.29, 0.717) is 16.8 Å².